The molecule has 2 saturated carbocycles. The molecule has 0 aromatic carbocycles. The molecule has 1 N–H and O–H groups in total. The van der Waals surface area contributed by atoms with Crippen LogP contribution >= 0.6 is 0 Å². The maximum Gasteiger partial charge on any atom is 0.317 e. The first-order valence-corrected chi connectivity index (χ1v) is 9.01. The molecule has 0 radical (unpaired) electrons. The highest BCUT2D eigenvalue weighted by atomic mass is 16.5. The second kappa shape index (κ2) is 5.79. The second-order valence-corrected chi connectivity index (χ2v) is 7.44. The number of hydrogen-bond acceptors (Lipinski definition) is 2. The molecule has 4 rings (SSSR count). The molecule has 4 nitrogen and oxygen atoms in total. The normalized spacial score (nSPS) is 39.9. The van der Waals surface area contributed by atoms with E-state index < -0.39 is 0 Å². The fourth-order valence-corrected chi connectivity index (χ4v) is 4.96. The topological polar surface area (TPSA) is 41.6 Å². The van der Waals surface area contributed by atoms with E-state index >= 15 is 0 Å². The van der Waals surface area contributed by atoms with Gasteiger partial charge < -0.3 is 15.0 Å². The highest BCUT2D eigenvalue weighted by Crippen LogP contribution is 2.38. The van der Waals surface area contributed by atoms with Crippen LogP contribution in [0.3, 0.4) is 0 Å². The zero-order chi connectivity index (χ0) is 14.2. The molecule has 4 aliphatic rings. The summed E-state index contributed by atoms with van der Waals surface area (Å²) in [7, 11) is 0. The summed E-state index contributed by atoms with van der Waals surface area (Å²) in [6, 6.07) is 1.08. The number of amides is 2. The summed E-state index contributed by atoms with van der Waals surface area (Å²) in [5.74, 6) is 1.35. The smallest absolute Gasteiger partial charge is 0.317 e. The summed E-state index contributed by atoms with van der Waals surface area (Å²) < 4.78 is 5.82. The number of urea groups is 1. The van der Waals surface area contributed by atoms with E-state index in [0.717, 1.165) is 31.9 Å². The minimum atomic E-state index is 0.210. The molecule has 4 fully saturated rings. The third-order valence-corrected chi connectivity index (χ3v) is 6.34. The van der Waals surface area contributed by atoms with Crippen LogP contribution in [0.4, 0.5) is 4.79 Å². The van der Waals surface area contributed by atoms with Gasteiger partial charge in [-0.25, -0.2) is 4.79 Å². The monoisotopic (exact) mass is 292 g/mol. The largest absolute Gasteiger partial charge is 0.378 e. The van der Waals surface area contributed by atoms with E-state index in [1.807, 2.05) is 0 Å². The minimum absolute atomic E-state index is 0.210. The molecule has 0 unspecified atom stereocenters. The lowest BCUT2D eigenvalue weighted by Gasteiger charge is -2.39. The van der Waals surface area contributed by atoms with Crippen molar-refractivity contribution < 1.29 is 9.53 Å². The predicted molar refractivity (Wildman–Crippen MR) is 81.1 cm³/mol. The van der Waals surface area contributed by atoms with E-state index in [1.165, 1.54) is 44.9 Å². The Kier molecular flexibility index (Phi) is 3.82. The van der Waals surface area contributed by atoms with Gasteiger partial charge in [0.1, 0.15) is 0 Å². The van der Waals surface area contributed by atoms with Gasteiger partial charge in [0.05, 0.1) is 6.10 Å². The summed E-state index contributed by atoms with van der Waals surface area (Å²) in [5, 5.41) is 3.37. The van der Waals surface area contributed by atoms with Crippen LogP contribution in [0.15, 0.2) is 0 Å². The van der Waals surface area contributed by atoms with Gasteiger partial charge in [0, 0.05) is 31.2 Å². The molecule has 0 aromatic heterocycles. The fourth-order valence-electron chi connectivity index (χ4n) is 4.96. The molecule has 0 aromatic rings. The Hall–Kier alpha value is -0.770. The lowest BCUT2D eigenvalue weighted by molar-refractivity contribution is 0.0528. The second-order valence-electron chi connectivity index (χ2n) is 7.44. The molecule has 4 heteroatoms. The molecule has 118 valence electrons. The van der Waals surface area contributed by atoms with E-state index in [4.69, 9.17) is 4.74 Å². The van der Waals surface area contributed by atoms with E-state index in [9.17, 15) is 4.79 Å². The molecular weight excluding hydrogens is 264 g/mol. The summed E-state index contributed by atoms with van der Waals surface area (Å²) in [5.41, 5.74) is 0. The van der Waals surface area contributed by atoms with Crippen LogP contribution in [0, 0.1) is 11.8 Å². The predicted octanol–water partition coefficient (Wildman–Crippen LogP) is 2.92. The number of carbonyl (C=O) groups excluding carboxylic acids is 1. The highest BCUT2D eigenvalue weighted by Gasteiger charge is 2.41. The molecule has 0 bridgehead atoms. The average Bonchev–Trinajstić information content (AvgIpc) is 3.05. The van der Waals surface area contributed by atoms with Crippen LogP contribution in [0.5, 0.6) is 0 Å². The number of hydrogen-bond donors (Lipinski definition) is 1. The van der Waals surface area contributed by atoms with Crippen LogP contribution in [-0.2, 0) is 4.74 Å². The van der Waals surface area contributed by atoms with Crippen LogP contribution < -0.4 is 5.32 Å². The Morgan fingerprint density at radius 1 is 1.00 bits per heavy atom. The lowest BCUT2D eigenvalue weighted by atomic mass is 9.79. The molecule has 2 saturated heterocycles. The van der Waals surface area contributed by atoms with Gasteiger partial charge >= 0.3 is 6.03 Å². The van der Waals surface area contributed by atoms with Crippen LogP contribution in [-0.4, -0.2) is 42.3 Å². The van der Waals surface area contributed by atoms with E-state index in [0.29, 0.717) is 24.1 Å². The van der Waals surface area contributed by atoms with E-state index in [-0.39, 0.29) is 6.03 Å². The van der Waals surface area contributed by atoms with Crippen LogP contribution in [0.1, 0.15) is 57.8 Å². The SMILES string of the molecule is O=C(N[C@@H]1CCC[C@@H]2OCC[C@@H]21)N1CCC[C@@H]1C1CCC1. The number of carbonyl (C=O) groups is 1. The number of rotatable bonds is 2. The van der Waals surface area contributed by atoms with E-state index in [1.54, 1.807) is 0 Å². The highest BCUT2D eigenvalue weighted by molar-refractivity contribution is 5.75. The first-order chi connectivity index (χ1) is 10.3. The van der Waals surface area contributed by atoms with Gasteiger partial charge in [-0.2, -0.15) is 0 Å². The van der Waals surface area contributed by atoms with Crippen molar-refractivity contribution in [2.75, 3.05) is 13.2 Å². The van der Waals surface area contributed by atoms with Crippen LogP contribution in [0.25, 0.3) is 0 Å². The zero-order valence-electron chi connectivity index (χ0n) is 12.9. The Morgan fingerprint density at radius 3 is 2.67 bits per heavy atom. The van der Waals surface area contributed by atoms with Crippen molar-refractivity contribution in [2.45, 2.75) is 76.0 Å². The van der Waals surface area contributed by atoms with Gasteiger partial charge in [0.15, 0.2) is 0 Å². The summed E-state index contributed by atoms with van der Waals surface area (Å²) in [4.78, 5) is 14.9. The average molecular weight is 292 g/mol. The van der Waals surface area contributed by atoms with Crippen molar-refractivity contribution in [2.24, 2.45) is 11.8 Å². The summed E-state index contributed by atoms with van der Waals surface area (Å²) in [6.07, 6.45) is 11.5. The van der Waals surface area contributed by atoms with Crippen molar-refractivity contribution in [1.82, 2.24) is 10.2 Å². The first kappa shape index (κ1) is 13.9. The Balaban J connectivity index is 1.38. The van der Waals surface area contributed by atoms with Crippen molar-refractivity contribution >= 4 is 6.03 Å². The number of ether oxygens (including phenoxy) is 1. The summed E-state index contributed by atoms with van der Waals surface area (Å²) in [6.45, 7) is 1.85. The van der Waals surface area contributed by atoms with Gasteiger partial charge in [-0.3, -0.25) is 0 Å². The van der Waals surface area contributed by atoms with Crippen molar-refractivity contribution in [1.29, 1.82) is 0 Å². The number of likely N-dealkylation sites (tertiary alicyclic amines) is 1. The maximum absolute atomic E-state index is 12.7. The summed E-state index contributed by atoms with van der Waals surface area (Å²) >= 11 is 0. The van der Waals surface area contributed by atoms with Crippen molar-refractivity contribution in [3.63, 3.8) is 0 Å². The van der Waals surface area contributed by atoms with Gasteiger partial charge in [-0.1, -0.05) is 6.42 Å². The standard InChI is InChI=1S/C17H28N2O2/c20-17(19-10-3-7-15(19)12-4-1-5-12)18-14-6-2-8-16-13(14)9-11-21-16/h12-16H,1-11H2,(H,18,20)/t13-,14-,15-,16+/m1/s1. The Labute approximate surface area is 127 Å². The van der Waals surface area contributed by atoms with Crippen molar-refractivity contribution in [3.05, 3.63) is 0 Å². The molecule has 2 heterocycles. The third-order valence-electron chi connectivity index (χ3n) is 6.34. The molecule has 21 heavy (non-hydrogen) atoms. The quantitative estimate of drug-likeness (QED) is 0.850. The van der Waals surface area contributed by atoms with Gasteiger partial charge in [-0.05, 0) is 57.3 Å². The van der Waals surface area contributed by atoms with Gasteiger partial charge in [0.25, 0.3) is 0 Å². The Bertz CT molecular complexity index is 396. The number of nitrogens with one attached hydrogen (secondary N) is 1. The fraction of sp³-hybridized carbons (Fsp3) is 0.941. The van der Waals surface area contributed by atoms with E-state index in [2.05, 4.69) is 10.2 Å². The molecule has 4 atom stereocenters. The molecule has 2 amide bonds. The maximum atomic E-state index is 12.7. The van der Waals surface area contributed by atoms with Gasteiger partial charge in [0.2, 0.25) is 0 Å². The third kappa shape index (κ3) is 2.56. The van der Waals surface area contributed by atoms with Crippen molar-refractivity contribution in [3.8, 4) is 0 Å². The zero-order valence-corrected chi connectivity index (χ0v) is 12.9. The minimum Gasteiger partial charge on any atom is -0.378 e. The number of nitrogens with zero attached hydrogens (tertiary/aromatic N) is 1. The molecule has 2 aliphatic heterocycles. The first-order valence-electron chi connectivity index (χ1n) is 9.01. The Morgan fingerprint density at radius 2 is 1.86 bits per heavy atom. The van der Waals surface area contributed by atoms with Crippen LogP contribution in [0.2, 0.25) is 0 Å². The molecule has 2 aliphatic carbocycles. The number of fused-ring (bicyclic) bond motifs is 1. The molecule has 0 spiro atoms. The van der Waals surface area contributed by atoms with Gasteiger partial charge in [-0.15, -0.1) is 0 Å². The lowest BCUT2D eigenvalue weighted by Crippen LogP contribution is -2.53. The molecular formula is C17H28N2O2.